The number of aryl methyl sites for hydroxylation is 1. The summed E-state index contributed by atoms with van der Waals surface area (Å²) in [4.78, 5) is 12.8. The molecule has 0 bridgehead atoms. The fourth-order valence-electron chi connectivity index (χ4n) is 4.14. The second-order valence-electron chi connectivity index (χ2n) is 7.18. The van der Waals surface area contributed by atoms with E-state index < -0.39 is 5.97 Å². The zero-order chi connectivity index (χ0) is 19.4. The van der Waals surface area contributed by atoms with E-state index in [0.717, 1.165) is 24.3 Å². The molecule has 0 fully saturated rings. The first-order valence-electron chi connectivity index (χ1n) is 9.21. The summed E-state index contributed by atoms with van der Waals surface area (Å²) in [6, 6.07) is 14.4. The Labute approximate surface area is 178 Å². The van der Waals surface area contributed by atoms with E-state index in [1.165, 1.54) is 16.7 Å². The van der Waals surface area contributed by atoms with E-state index in [9.17, 15) is 9.90 Å². The maximum Gasteiger partial charge on any atom is 1.00 e. The molecule has 0 saturated heterocycles. The number of nitrogens with zero attached hydrogens (tertiary/aromatic N) is 1. The summed E-state index contributed by atoms with van der Waals surface area (Å²) >= 11 is 0. The van der Waals surface area contributed by atoms with Gasteiger partial charge in [-0.1, -0.05) is 18.2 Å². The molecule has 0 amide bonds. The second kappa shape index (κ2) is 10.0. The molecule has 0 aliphatic heterocycles. The largest absolute Gasteiger partial charge is 1.00 e. The Morgan fingerprint density at radius 1 is 1.11 bits per heavy atom. The molecular weight excluding hydrogens is 349 g/mol. The summed E-state index contributed by atoms with van der Waals surface area (Å²) in [5.41, 5.74) is 3.81. The average Bonchev–Trinajstić information content (AvgIpc) is 2.67. The molecule has 28 heavy (non-hydrogen) atoms. The van der Waals surface area contributed by atoms with Crippen molar-refractivity contribution in [3.05, 3.63) is 59.2 Å². The molecule has 0 spiro atoms. The number of carboxylic acid groups (broad SMARTS) is 1. The maximum absolute atomic E-state index is 11.0. The summed E-state index contributed by atoms with van der Waals surface area (Å²) in [7, 11) is 5.18. The van der Waals surface area contributed by atoms with Crippen molar-refractivity contribution >= 4 is 5.97 Å². The van der Waals surface area contributed by atoms with Gasteiger partial charge in [0.05, 0.1) is 20.2 Å². The predicted molar refractivity (Wildman–Crippen MR) is 102 cm³/mol. The van der Waals surface area contributed by atoms with Crippen LogP contribution in [0.3, 0.4) is 0 Å². The third-order valence-electron chi connectivity index (χ3n) is 5.36. The molecule has 2 atom stereocenters. The van der Waals surface area contributed by atoms with E-state index >= 15 is 0 Å². The van der Waals surface area contributed by atoms with Gasteiger partial charge in [-0.05, 0) is 66.8 Å². The summed E-state index contributed by atoms with van der Waals surface area (Å²) in [5, 5.41) is 11.0. The Hall–Kier alpha value is -1.93. The molecule has 6 heteroatoms. The number of hydrogen-bond donors (Lipinski definition) is 0. The molecule has 0 aromatic heterocycles. The molecule has 144 valence electrons. The molecular formula is C22H26LiNO4. The van der Waals surface area contributed by atoms with Crippen molar-refractivity contribution in [1.29, 1.82) is 0 Å². The van der Waals surface area contributed by atoms with Crippen molar-refractivity contribution in [3.8, 4) is 11.5 Å². The van der Waals surface area contributed by atoms with Crippen LogP contribution >= 0.6 is 0 Å². The zero-order valence-electron chi connectivity index (χ0n) is 17.1. The Bertz CT molecular complexity index is 794. The molecule has 0 N–H and O–H groups in total. The van der Waals surface area contributed by atoms with Crippen molar-refractivity contribution in [2.75, 3.05) is 34.4 Å². The van der Waals surface area contributed by atoms with Gasteiger partial charge in [0.1, 0.15) is 11.5 Å². The van der Waals surface area contributed by atoms with Gasteiger partial charge in [-0.2, -0.15) is 0 Å². The van der Waals surface area contributed by atoms with Crippen molar-refractivity contribution in [3.63, 3.8) is 0 Å². The monoisotopic (exact) mass is 375 g/mol. The van der Waals surface area contributed by atoms with Crippen LogP contribution in [0.1, 0.15) is 29.0 Å². The molecule has 1 aliphatic carbocycles. The number of carbonyl (C=O) groups is 1. The first kappa shape index (κ1) is 22.4. The van der Waals surface area contributed by atoms with E-state index in [-0.39, 0.29) is 31.3 Å². The summed E-state index contributed by atoms with van der Waals surface area (Å²) < 4.78 is 10.7. The van der Waals surface area contributed by atoms with Gasteiger partial charge in [0.25, 0.3) is 0 Å². The number of hydrogen-bond acceptors (Lipinski definition) is 5. The Morgan fingerprint density at radius 3 is 2.36 bits per heavy atom. The Kier molecular flexibility index (Phi) is 8.00. The summed E-state index contributed by atoms with van der Waals surface area (Å²) in [6.45, 7) is 0.650. The van der Waals surface area contributed by atoms with Gasteiger partial charge in [0.15, 0.2) is 0 Å². The van der Waals surface area contributed by atoms with Crippen molar-refractivity contribution in [1.82, 2.24) is 4.90 Å². The normalized spacial score (nSPS) is 18.1. The van der Waals surface area contributed by atoms with Crippen LogP contribution < -0.4 is 33.4 Å². The van der Waals surface area contributed by atoms with E-state index in [4.69, 9.17) is 9.47 Å². The molecule has 0 unspecified atom stereocenters. The van der Waals surface area contributed by atoms with E-state index in [1.54, 1.807) is 14.2 Å². The molecule has 5 nitrogen and oxygen atoms in total. The van der Waals surface area contributed by atoms with E-state index in [0.29, 0.717) is 12.5 Å². The Balaban J connectivity index is 0.00000280. The molecule has 0 saturated carbocycles. The number of benzene rings is 2. The van der Waals surface area contributed by atoms with E-state index in [1.807, 2.05) is 30.1 Å². The van der Waals surface area contributed by atoms with Crippen LogP contribution in [0.4, 0.5) is 0 Å². The summed E-state index contributed by atoms with van der Waals surface area (Å²) in [6.07, 6.45) is 1.96. The standard InChI is InChI=1S/C22H27NO4.Li/c1-23(14-21(24)25)13-17-5-4-16-12-19(27-3)10-11-20(16)22(17)15-6-8-18(26-2)9-7-15;/h6-12,17,22H,4-5,13-14H2,1-3H3,(H,24,25);/q;+1/p-1/t17-,22+;/m1./s1. The van der Waals surface area contributed by atoms with Crippen LogP contribution in [0.5, 0.6) is 11.5 Å². The molecule has 2 aromatic rings. The second-order valence-corrected chi connectivity index (χ2v) is 7.18. The first-order valence-corrected chi connectivity index (χ1v) is 9.21. The molecule has 3 rings (SSSR count). The van der Waals surface area contributed by atoms with Gasteiger partial charge in [0, 0.05) is 19.0 Å². The fraction of sp³-hybridized carbons (Fsp3) is 0.409. The van der Waals surface area contributed by atoms with Crippen LogP contribution in [0, 0.1) is 5.92 Å². The van der Waals surface area contributed by atoms with Gasteiger partial charge in [-0.15, -0.1) is 0 Å². The van der Waals surface area contributed by atoms with Crippen LogP contribution in [-0.4, -0.2) is 45.2 Å². The minimum absolute atomic E-state index is 0. The van der Waals surface area contributed by atoms with Gasteiger partial charge in [0.2, 0.25) is 0 Å². The quantitative estimate of drug-likeness (QED) is 0.586. The third kappa shape index (κ3) is 5.11. The average molecular weight is 375 g/mol. The van der Waals surface area contributed by atoms with Crippen molar-refractivity contribution < 1.29 is 38.2 Å². The fourth-order valence-corrected chi connectivity index (χ4v) is 4.14. The molecule has 0 radical (unpaired) electrons. The Morgan fingerprint density at radius 2 is 1.75 bits per heavy atom. The van der Waals surface area contributed by atoms with Gasteiger partial charge >= 0.3 is 18.9 Å². The van der Waals surface area contributed by atoms with Crippen LogP contribution in [0.2, 0.25) is 0 Å². The first-order chi connectivity index (χ1) is 13.0. The number of fused-ring (bicyclic) bond motifs is 1. The summed E-state index contributed by atoms with van der Waals surface area (Å²) in [5.74, 6) is 1.18. The molecule has 0 heterocycles. The number of carbonyl (C=O) groups excluding carboxylic acids is 1. The maximum atomic E-state index is 11.0. The van der Waals surface area contributed by atoms with Crippen LogP contribution in [0.25, 0.3) is 0 Å². The predicted octanol–water partition coefficient (Wildman–Crippen LogP) is -0.916. The number of methoxy groups -OCH3 is 2. The van der Waals surface area contributed by atoms with Gasteiger partial charge < -0.3 is 24.3 Å². The number of rotatable bonds is 7. The minimum atomic E-state index is -1.04. The van der Waals surface area contributed by atoms with Gasteiger partial charge in [-0.3, -0.25) is 0 Å². The molecule has 2 aromatic carbocycles. The smallest absolute Gasteiger partial charge is 0.549 e. The van der Waals surface area contributed by atoms with E-state index in [2.05, 4.69) is 24.3 Å². The third-order valence-corrected chi connectivity index (χ3v) is 5.36. The van der Waals surface area contributed by atoms with Crippen molar-refractivity contribution in [2.45, 2.75) is 18.8 Å². The van der Waals surface area contributed by atoms with Crippen LogP contribution in [-0.2, 0) is 11.2 Å². The van der Waals surface area contributed by atoms with Crippen LogP contribution in [0.15, 0.2) is 42.5 Å². The number of likely N-dealkylation sites (N-methyl/N-ethyl adjacent to an activating group) is 1. The number of carboxylic acids is 1. The van der Waals surface area contributed by atoms with Crippen molar-refractivity contribution in [2.24, 2.45) is 5.92 Å². The molecule has 1 aliphatic rings. The zero-order valence-corrected chi connectivity index (χ0v) is 17.1. The number of aliphatic carboxylic acids is 1. The topological polar surface area (TPSA) is 61.8 Å². The van der Waals surface area contributed by atoms with Gasteiger partial charge in [-0.25, -0.2) is 0 Å². The minimum Gasteiger partial charge on any atom is -0.549 e. The number of ether oxygens (including phenoxy) is 2. The SMILES string of the molecule is COc1ccc([C@@H]2c3ccc(OC)cc3CC[C@@H]2CN(C)CC(=O)[O-])cc1.[Li+].